The van der Waals surface area contributed by atoms with Crippen molar-refractivity contribution < 1.29 is 9.59 Å². The summed E-state index contributed by atoms with van der Waals surface area (Å²) < 4.78 is 0.933. The van der Waals surface area contributed by atoms with Crippen molar-refractivity contribution >= 4 is 33.2 Å². The normalized spacial score (nSPS) is 11.9. The summed E-state index contributed by atoms with van der Waals surface area (Å²) in [6.07, 6.45) is 0. The van der Waals surface area contributed by atoms with Crippen LogP contribution >= 0.6 is 11.3 Å². The molecule has 4 aromatic rings. The number of rotatable bonds is 6. The van der Waals surface area contributed by atoms with Crippen LogP contribution < -0.4 is 11.1 Å². The van der Waals surface area contributed by atoms with Gasteiger partial charge in [-0.2, -0.15) is 0 Å². The molecule has 4 rings (SSSR count). The van der Waals surface area contributed by atoms with E-state index >= 15 is 0 Å². The van der Waals surface area contributed by atoms with Crippen molar-refractivity contribution in [2.45, 2.75) is 12.6 Å². The van der Waals surface area contributed by atoms with Crippen LogP contribution in [0.25, 0.3) is 10.2 Å². The molecule has 6 heteroatoms. The van der Waals surface area contributed by atoms with Crippen LogP contribution in [0, 0.1) is 0 Å². The largest absolute Gasteiger partial charge is 0.338 e. The van der Waals surface area contributed by atoms with Gasteiger partial charge in [0.25, 0.3) is 5.91 Å². The molecule has 1 amide bonds. The summed E-state index contributed by atoms with van der Waals surface area (Å²) in [7, 11) is 0. The Hall–Kier alpha value is -3.35. The Balaban J connectivity index is 1.70. The fourth-order valence-corrected chi connectivity index (χ4v) is 3.99. The Morgan fingerprint density at radius 3 is 2.31 bits per heavy atom. The molecule has 0 aliphatic rings. The van der Waals surface area contributed by atoms with Crippen LogP contribution in [0.4, 0.5) is 0 Å². The molecule has 0 radical (unpaired) electrons. The third kappa shape index (κ3) is 4.08. The number of hydrogen-bond donors (Lipinski definition) is 2. The van der Waals surface area contributed by atoms with E-state index in [1.54, 1.807) is 24.3 Å². The zero-order valence-electron chi connectivity index (χ0n) is 15.5. The number of nitrogens with zero attached hydrogens (tertiary/aromatic N) is 1. The van der Waals surface area contributed by atoms with Gasteiger partial charge in [0.2, 0.25) is 5.78 Å². The van der Waals surface area contributed by atoms with Crippen LogP contribution in [-0.4, -0.2) is 16.7 Å². The van der Waals surface area contributed by atoms with Gasteiger partial charge in [-0.1, -0.05) is 54.6 Å². The number of nitrogens with one attached hydrogen (secondary N) is 1. The van der Waals surface area contributed by atoms with E-state index in [-0.39, 0.29) is 11.7 Å². The third-order valence-electron chi connectivity index (χ3n) is 4.63. The van der Waals surface area contributed by atoms with Crippen molar-refractivity contribution in [2.75, 3.05) is 0 Å². The van der Waals surface area contributed by atoms with E-state index in [9.17, 15) is 9.59 Å². The fraction of sp³-hybridized carbons (Fsp3) is 0.0870. The zero-order valence-corrected chi connectivity index (χ0v) is 16.4. The molecule has 1 heterocycles. The highest BCUT2D eigenvalue weighted by atomic mass is 32.1. The second-order valence-corrected chi connectivity index (χ2v) is 7.60. The molecule has 1 unspecified atom stereocenters. The number of benzene rings is 3. The maximum Gasteiger partial charge on any atom is 0.252 e. The maximum atomic E-state index is 13.3. The van der Waals surface area contributed by atoms with E-state index in [0.29, 0.717) is 22.7 Å². The minimum Gasteiger partial charge on any atom is -0.338 e. The lowest BCUT2D eigenvalue weighted by Gasteiger charge is -2.17. The summed E-state index contributed by atoms with van der Waals surface area (Å²) in [5, 5.41) is 3.24. The van der Waals surface area contributed by atoms with Crippen molar-refractivity contribution in [1.29, 1.82) is 0 Å². The van der Waals surface area contributed by atoms with E-state index in [2.05, 4.69) is 10.3 Å². The first-order chi connectivity index (χ1) is 14.2. The molecule has 0 aliphatic carbocycles. The molecule has 1 aromatic heterocycles. The van der Waals surface area contributed by atoms with Gasteiger partial charge >= 0.3 is 0 Å². The van der Waals surface area contributed by atoms with Crippen LogP contribution in [0.15, 0.2) is 78.9 Å². The number of carbonyl (C=O) groups is 2. The molecule has 0 aliphatic heterocycles. The summed E-state index contributed by atoms with van der Waals surface area (Å²) >= 11 is 1.33. The smallest absolute Gasteiger partial charge is 0.252 e. The number of hydrogen-bond acceptors (Lipinski definition) is 5. The van der Waals surface area contributed by atoms with Gasteiger partial charge in [0, 0.05) is 12.1 Å². The first-order valence-corrected chi connectivity index (χ1v) is 10.0. The van der Waals surface area contributed by atoms with Crippen LogP contribution in [0.1, 0.15) is 37.3 Å². The minimum atomic E-state index is -0.838. The summed E-state index contributed by atoms with van der Waals surface area (Å²) in [4.78, 5) is 30.6. The molecule has 1 atom stereocenters. The summed E-state index contributed by atoms with van der Waals surface area (Å²) in [5.41, 5.74) is 8.59. The van der Waals surface area contributed by atoms with Gasteiger partial charge < -0.3 is 11.1 Å². The molecule has 0 fully saturated rings. The second kappa shape index (κ2) is 8.34. The standard InChI is InChI=1S/C23H19N3O2S/c24-14-15-10-12-16(13-11-15)20(26-22(28)17-6-2-1-3-7-17)21(27)23-25-18-8-4-5-9-19(18)29-23/h1-13,20H,14,24H2,(H,26,28). The first kappa shape index (κ1) is 19.0. The lowest BCUT2D eigenvalue weighted by atomic mass is 10.0. The summed E-state index contributed by atoms with van der Waals surface area (Å²) in [5.74, 6) is -0.552. The number of Topliss-reactive ketones (excluding diaryl/α,β-unsaturated/α-hetero) is 1. The molecule has 3 aromatic carbocycles. The van der Waals surface area contributed by atoms with Crippen molar-refractivity contribution in [3.05, 3.63) is 101 Å². The highest BCUT2D eigenvalue weighted by Crippen LogP contribution is 2.27. The Morgan fingerprint density at radius 1 is 0.931 bits per heavy atom. The first-order valence-electron chi connectivity index (χ1n) is 9.20. The van der Waals surface area contributed by atoms with Crippen molar-refractivity contribution in [3.63, 3.8) is 0 Å². The van der Waals surface area contributed by atoms with Crippen molar-refractivity contribution in [3.8, 4) is 0 Å². The number of fused-ring (bicyclic) bond motifs is 1. The molecular weight excluding hydrogens is 382 g/mol. The van der Waals surface area contributed by atoms with E-state index in [1.165, 1.54) is 11.3 Å². The van der Waals surface area contributed by atoms with Gasteiger partial charge in [-0.05, 0) is 35.4 Å². The van der Waals surface area contributed by atoms with Gasteiger partial charge in [-0.3, -0.25) is 9.59 Å². The van der Waals surface area contributed by atoms with Crippen LogP contribution in [0.5, 0.6) is 0 Å². The molecule has 0 bridgehead atoms. The average molecular weight is 401 g/mol. The second-order valence-electron chi connectivity index (χ2n) is 6.57. The molecule has 29 heavy (non-hydrogen) atoms. The van der Waals surface area contributed by atoms with Gasteiger partial charge in [0.1, 0.15) is 6.04 Å². The SMILES string of the molecule is NCc1ccc(C(NC(=O)c2ccccc2)C(=O)c2nc3ccccc3s2)cc1. The fourth-order valence-electron chi connectivity index (χ4n) is 3.05. The van der Waals surface area contributed by atoms with E-state index in [1.807, 2.05) is 54.6 Å². The van der Waals surface area contributed by atoms with Gasteiger partial charge in [0.15, 0.2) is 5.01 Å². The topological polar surface area (TPSA) is 85.1 Å². The van der Waals surface area contributed by atoms with E-state index in [0.717, 1.165) is 15.8 Å². The molecule has 0 saturated carbocycles. The number of carbonyl (C=O) groups excluding carboxylic acids is 2. The highest BCUT2D eigenvalue weighted by molar-refractivity contribution is 7.20. The predicted octanol–water partition coefficient (Wildman–Crippen LogP) is 4.11. The van der Waals surface area contributed by atoms with Crippen molar-refractivity contribution in [1.82, 2.24) is 10.3 Å². The molecule has 3 N–H and O–H groups in total. The number of aromatic nitrogens is 1. The average Bonchev–Trinajstić information content (AvgIpc) is 3.22. The number of ketones is 1. The van der Waals surface area contributed by atoms with Gasteiger partial charge in [-0.25, -0.2) is 4.98 Å². The number of thiazole rings is 1. The minimum absolute atomic E-state index is 0.240. The Labute approximate surface area is 172 Å². The molecule has 0 saturated heterocycles. The van der Waals surface area contributed by atoms with Crippen LogP contribution in [-0.2, 0) is 6.54 Å². The zero-order chi connectivity index (χ0) is 20.2. The van der Waals surface area contributed by atoms with Crippen LogP contribution in [0.2, 0.25) is 0 Å². The van der Waals surface area contributed by atoms with Gasteiger partial charge in [-0.15, -0.1) is 11.3 Å². The third-order valence-corrected chi connectivity index (χ3v) is 5.68. The highest BCUT2D eigenvalue weighted by Gasteiger charge is 2.27. The molecule has 144 valence electrons. The van der Waals surface area contributed by atoms with Gasteiger partial charge in [0.05, 0.1) is 10.2 Å². The Morgan fingerprint density at radius 2 is 1.62 bits per heavy atom. The Kier molecular flexibility index (Phi) is 5.46. The molecule has 5 nitrogen and oxygen atoms in total. The quantitative estimate of drug-likeness (QED) is 0.476. The van der Waals surface area contributed by atoms with Crippen molar-refractivity contribution in [2.24, 2.45) is 5.73 Å². The predicted molar refractivity (Wildman–Crippen MR) is 115 cm³/mol. The summed E-state index contributed by atoms with van der Waals surface area (Å²) in [6, 6.07) is 23.0. The number of amides is 1. The number of nitrogens with two attached hydrogens (primary N) is 1. The van der Waals surface area contributed by atoms with E-state index in [4.69, 9.17) is 5.73 Å². The lowest BCUT2D eigenvalue weighted by molar-refractivity contribution is 0.0857. The maximum absolute atomic E-state index is 13.3. The van der Waals surface area contributed by atoms with Crippen LogP contribution in [0.3, 0.4) is 0 Å². The monoisotopic (exact) mass is 401 g/mol. The lowest BCUT2D eigenvalue weighted by Crippen LogP contribution is -2.34. The summed E-state index contributed by atoms with van der Waals surface area (Å²) in [6.45, 7) is 0.410. The molecule has 0 spiro atoms. The molecular formula is C23H19N3O2S. The van der Waals surface area contributed by atoms with E-state index < -0.39 is 6.04 Å². The Bertz CT molecular complexity index is 1120. The number of para-hydroxylation sites is 1.